The maximum Gasteiger partial charge on any atom is 0.119 e. The van der Waals surface area contributed by atoms with Gasteiger partial charge in [0.2, 0.25) is 0 Å². The summed E-state index contributed by atoms with van der Waals surface area (Å²) in [5.74, 6) is 0.932. The Balaban J connectivity index is 2.36. The molecule has 18 heavy (non-hydrogen) atoms. The van der Waals surface area contributed by atoms with Crippen LogP contribution in [0, 0.1) is 5.41 Å². The van der Waals surface area contributed by atoms with Gasteiger partial charge in [0.05, 0.1) is 6.61 Å². The van der Waals surface area contributed by atoms with E-state index in [1.165, 1.54) is 24.8 Å². The van der Waals surface area contributed by atoms with Gasteiger partial charge in [0.15, 0.2) is 0 Å². The average molecular weight is 247 g/mol. The van der Waals surface area contributed by atoms with Crippen LogP contribution in [0.5, 0.6) is 5.75 Å². The predicted octanol–water partition coefficient (Wildman–Crippen LogP) is 3.84. The summed E-state index contributed by atoms with van der Waals surface area (Å²) in [6.45, 7) is 7.29. The van der Waals surface area contributed by atoms with Crippen LogP contribution in [0.1, 0.15) is 52.0 Å². The van der Waals surface area contributed by atoms with Gasteiger partial charge in [-0.3, -0.25) is 0 Å². The van der Waals surface area contributed by atoms with E-state index in [2.05, 4.69) is 32.0 Å². The molecular weight excluding hydrogens is 222 g/mol. The molecule has 2 heteroatoms. The lowest BCUT2D eigenvalue weighted by atomic mass is 9.61. The van der Waals surface area contributed by atoms with E-state index in [4.69, 9.17) is 10.5 Å². The summed E-state index contributed by atoms with van der Waals surface area (Å²) in [5.41, 5.74) is 7.91. The first-order valence-corrected chi connectivity index (χ1v) is 7.02. The molecule has 0 bridgehead atoms. The van der Waals surface area contributed by atoms with Crippen molar-refractivity contribution in [3.05, 3.63) is 29.8 Å². The molecule has 1 aliphatic carbocycles. The largest absolute Gasteiger partial charge is 0.494 e. The van der Waals surface area contributed by atoms with Crippen molar-refractivity contribution < 1.29 is 4.74 Å². The van der Waals surface area contributed by atoms with Gasteiger partial charge in [0, 0.05) is 5.54 Å². The van der Waals surface area contributed by atoms with Crippen LogP contribution in [0.25, 0.3) is 0 Å². The van der Waals surface area contributed by atoms with Gasteiger partial charge in [-0.2, -0.15) is 0 Å². The van der Waals surface area contributed by atoms with Crippen LogP contribution in [-0.2, 0) is 5.54 Å². The van der Waals surface area contributed by atoms with E-state index in [0.717, 1.165) is 12.2 Å². The monoisotopic (exact) mass is 247 g/mol. The number of nitrogens with two attached hydrogens (primary N) is 1. The first-order valence-electron chi connectivity index (χ1n) is 7.02. The summed E-state index contributed by atoms with van der Waals surface area (Å²) >= 11 is 0. The summed E-state index contributed by atoms with van der Waals surface area (Å²) in [4.78, 5) is 0. The van der Waals surface area contributed by atoms with Crippen molar-refractivity contribution in [1.29, 1.82) is 0 Å². The van der Waals surface area contributed by atoms with Crippen LogP contribution in [0.15, 0.2) is 24.3 Å². The molecule has 0 radical (unpaired) electrons. The van der Waals surface area contributed by atoms with Crippen LogP contribution in [0.4, 0.5) is 0 Å². The highest BCUT2D eigenvalue weighted by Crippen LogP contribution is 2.48. The van der Waals surface area contributed by atoms with E-state index in [-0.39, 0.29) is 11.0 Å². The third-order valence-corrected chi connectivity index (χ3v) is 4.49. The highest BCUT2D eigenvalue weighted by molar-refractivity contribution is 5.35. The summed E-state index contributed by atoms with van der Waals surface area (Å²) in [7, 11) is 0. The molecule has 0 heterocycles. The number of hydrogen-bond acceptors (Lipinski definition) is 2. The van der Waals surface area contributed by atoms with E-state index >= 15 is 0 Å². The van der Waals surface area contributed by atoms with Crippen molar-refractivity contribution in [2.45, 2.75) is 52.0 Å². The minimum Gasteiger partial charge on any atom is -0.494 e. The van der Waals surface area contributed by atoms with Crippen LogP contribution in [-0.4, -0.2) is 6.61 Å². The Morgan fingerprint density at radius 1 is 1.22 bits per heavy atom. The topological polar surface area (TPSA) is 35.2 Å². The lowest BCUT2D eigenvalue weighted by Crippen LogP contribution is -2.51. The zero-order valence-corrected chi connectivity index (χ0v) is 11.8. The molecule has 1 aliphatic rings. The molecule has 1 atom stereocenters. The second-order valence-corrected chi connectivity index (χ2v) is 6.02. The summed E-state index contributed by atoms with van der Waals surface area (Å²) in [6, 6.07) is 8.33. The Bertz CT molecular complexity index is 413. The molecule has 0 amide bonds. The third kappa shape index (κ3) is 2.26. The second kappa shape index (κ2) is 4.93. The van der Waals surface area contributed by atoms with Crippen molar-refractivity contribution in [3.63, 3.8) is 0 Å². The average Bonchev–Trinajstić information content (AvgIpc) is 2.34. The normalized spacial score (nSPS) is 26.9. The summed E-state index contributed by atoms with van der Waals surface area (Å²) in [6.07, 6.45) is 4.77. The van der Waals surface area contributed by atoms with Crippen molar-refractivity contribution in [3.8, 4) is 5.75 Å². The van der Waals surface area contributed by atoms with Crippen molar-refractivity contribution in [1.82, 2.24) is 0 Å². The van der Waals surface area contributed by atoms with Crippen LogP contribution < -0.4 is 10.5 Å². The van der Waals surface area contributed by atoms with Crippen LogP contribution in [0.3, 0.4) is 0 Å². The number of rotatable bonds is 3. The first-order chi connectivity index (χ1) is 8.49. The number of ether oxygens (including phenoxy) is 1. The molecule has 0 aromatic heterocycles. The van der Waals surface area contributed by atoms with E-state index in [9.17, 15) is 0 Å². The van der Waals surface area contributed by atoms with Crippen molar-refractivity contribution >= 4 is 0 Å². The van der Waals surface area contributed by atoms with Gasteiger partial charge in [-0.25, -0.2) is 0 Å². The van der Waals surface area contributed by atoms with Crippen molar-refractivity contribution in [2.24, 2.45) is 11.1 Å². The fraction of sp³-hybridized carbons (Fsp3) is 0.625. The fourth-order valence-electron chi connectivity index (χ4n) is 3.10. The van der Waals surface area contributed by atoms with Crippen LogP contribution in [0.2, 0.25) is 0 Å². The first kappa shape index (κ1) is 13.4. The Morgan fingerprint density at radius 2 is 1.94 bits per heavy atom. The Kier molecular flexibility index (Phi) is 3.67. The second-order valence-electron chi connectivity index (χ2n) is 6.02. The number of hydrogen-bond donors (Lipinski definition) is 1. The standard InChI is InChI=1S/C16H25NO/c1-4-18-14-9-7-8-13(12-14)16(17)11-6-5-10-15(16,2)3/h7-9,12H,4-6,10-11,17H2,1-3H3. The molecule has 0 aliphatic heterocycles. The Morgan fingerprint density at radius 3 is 2.61 bits per heavy atom. The smallest absolute Gasteiger partial charge is 0.119 e. The highest BCUT2D eigenvalue weighted by Gasteiger charge is 2.44. The molecule has 2 N–H and O–H groups in total. The molecule has 0 spiro atoms. The summed E-state index contributed by atoms with van der Waals surface area (Å²) in [5, 5.41) is 0. The lowest BCUT2D eigenvalue weighted by molar-refractivity contribution is 0.0976. The highest BCUT2D eigenvalue weighted by atomic mass is 16.5. The maximum absolute atomic E-state index is 6.77. The number of benzene rings is 1. The Labute approximate surface area is 111 Å². The van der Waals surface area contributed by atoms with E-state index in [1.807, 2.05) is 13.0 Å². The van der Waals surface area contributed by atoms with E-state index < -0.39 is 0 Å². The molecule has 1 fully saturated rings. The van der Waals surface area contributed by atoms with Gasteiger partial charge >= 0.3 is 0 Å². The minimum atomic E-state index is -0.224. The van der Waals surface area contributed by atoms with E-state index in [0.29, 0.717) is 6.61 Å². The van der Waals surface area contributed by atoms with Crippen molar-refractivity contribution in [2.75, 3.05) is 6.61 Å². The van der Waals surface area contributed by atoms with Gasteiger partial charge in [-0.05, 0) is 42.9 Å². The molecule has 2 rings (SSSR count). The molecule has 1 unspecified atom stereocenters. The SMILES string of the molecule is CCOc1cccc(C2(N)CCCCC2(C)C)c1. The molecule has 1 aromatic carbocycles. The quantitative estimate of drug-likeness (QED) is 0.880. The van der Waals surface area contributed by atoms with Gasteiger partial charge in [-0.15, -0.1) is 0 Å². The molecule has 1 saturated carbocycles. The molecule has 0 saturated heterocycles. The maximum atomic E-state index is 6.77. The summed E-state index contributed by atoms with van der Waals surface area (Å²) < 4.78 is 5.59. The molecule has 1 aromatic rings. The lowest BCUT2D eigenvalue weighted by Gasteiger charge is -2.48. The van der Waals surface area contributed by atoms with E-state index in [1.54, 1.807) is 0 Å². The van der Waals surface area contributed by atoms with Gasteiger partial charge < -0.3 is 10.5 Å². The fourth-order valence-corrected chi connectivity index (χ4v) is 3.10. The van der Waals surface area contributed by atoms with Crippen LogP contribution >= 0.6 is 0 Å². The zero-order valence-electron chi connectivity index (χ0n) is 11.8. The zero-order chi connectivity index (χ0) is 13.2. The molecule has 2 nitrogen and oxygen atoms in total. The van der Waals surface area contributed by atoms with Gasteiger partial charge in [0.25, 0.3) is 0 Å². The van der Waals surface area contributed by atoms with Gasteiger partial charge in [-0.1, -0.05) is 38.8 Å². The van der Waals surface area contributed by atoms with Gasteiger partial charge in [0.1, 0.15) is 5.75 Å². The third-order valence-electron chi connectivity index (χ3n) is 4.49. The molecule has 100 valence electrons. The minimum absolute atomic E-state index is 0.149. The predicted molar refractivity (Wildman–Crippen MR) is 75.7 cm³/mol. The Hall–Kier alpha value is -1.02. The molecular formula is C16H25NO.